The summed E-state index contributed by atoms with van der Waals surface area (Å²) in [5, 5.41) is 9.30. The van der Waals surface area contributed by atoms with Crippen LogP contribution in [0.25, 0.3) is 0 Å². The Hall–Kier alpha value is -1.40. The Bertz CT molecular complexity index is 624. The molecule has 20 heavy (non-hydrogen) atoms. The highest BCUT2D eigenvalue weighted by Gasteiger charge is 2.29. The fourth-order valence-corrected chi connectivity index (χ4v) is 3.16. The summed E-state index contributed by atoms with van der Waals surface area (Å²) in [5.41, 5.74) is 1.14. The van der Waals surface area contributed by atoms with Gasteiger partial charge < -0.3 is 10.0 Å². The molecular formula is C14H19NO4S. The van der Waals surface area contributed by atoms with E-state index in [2.05, 4.69) is 0 Å². The molecular weight excluding hydrogens is 278 g/mol. The predicted molar refractivity (Wildman–Crippen MR) is 75.4 cm³/mol. The predicted octanol–water partition coefficient (Wildman–Crippen LogP) is 0.995. The maximum atomic E-state index is 12.5. The summed E-state index contributed by atoms with van der Waals surface area (Å²) in [6.45, 7) is 2.33. The Balaban J connectivity index is 2.39. The molecule has 5 nitrogen and oxygen atoms in total. The van der Waals surface area contributed by atoms with E-state index in [4.69, 9.17) is 0 Å². The molecule has 0 aromatic heterocycles. The minimum Gasteiger partial charge on any atom is -0.394 e. The zero-order chi connectivity index (χ0) is 14.9. The molecule has 110 valence electrons. The van der Waals surface area contributed by atoms with Gasteiger partial charge in [0.25, 0.3) is 5.91 Å². The van der Waals surface area contributed by atoms with Crippen LogP contribution in [0, 0.1) is 6.92 Å². The van der Waals surface area contributed by atoms with Gasteiger partial charge in [0.15, 0.2) is 9.84 Å². The molecule has 1 atom stereocenters. The standard InChI is InChI=1S/C14H19NO4S/c1-10-5-6-12(20(2,18)19)8-13(10)14(17)15-7-3-4-11(15)9-16/h5-6,8,11,16H,3-4,7,9H2,1-2H3/t11-/m1/s1. The van der Waals surface area contributed by atoms with E-state index >= 15 is 0 Å². The van der Waals surface area contributed by atoms with Gasteiger partial charge >= 0.3 is 0 Å². The number of hydrogen-bond acceptors (Lipinski definition) is 4. The van der Waals surface area contributed by atoms with Crippen molar-refractivity contribution in [3.05, 3.63) is 29.3 Å². The number of rotatable bonds is 3. The van der Waals surface area contributed by atoms with Gasteiger partial charge in [-0.3, -0.25) is 4.79 Å². The molecule has 1 aliphatic heterocycles. The summed E-state index contributed by atoms with van der Waals surface area (Å²) in [6, 6.07) is 4.42. The van der Waals surface area contributed by atoms with Crippen molar-refractivity contribution in [1.82, 2.24) is 4.90 Å². The quantitative estimate of drug-likeness (QED) is 0.903. The largest absolute Gasteiger partial charge is 0.394 e. The van der Waals surface area contributed by atoms with E-state index in [1.165, 1.54) is 12.1 Å². The number of aryl methyl sites for hydroxylation is 1. The molecule has 1 amide bonds. The zero-order valence-electron chi connectivity index (χ0n) is 11.7. The highest BCUT2D eigenvalue weighted by atomic mass is 32.2. The molecule has 1 aliphatic rings. The minimum absolute atomic E-state index is 0.0590. The van der Waals surface area contributed by atoms with Gasteiger partial charge in [-0.15, -0.1) is 0 Å². The van der Waals surface area contributed by atoms with E-state index in [-0.39, 0.29) is 23.5 Å². The molecule has 0 spiro atoms. The van der Waals surface area contributed by atoms with Crippen molar-refractivity contribution in [1.29, 1.82) is 0 Å². The van der Waals surface area contributed by atoms with Crippen molar-refractivity contribution in [2.24, 2.45) is 0 Å². The van der Waals surface area contributed by atoms with E-state index in [9.17, 15) is 18.3 Å². The molecule has 0 radical (unpaired) electrons. The van der Waals surface area contributed by atoms with Crippen LogP contribution in [-0.2, 0) is 9.84 Å². The third-order valence-electron chi connectivity index (χ3n) is 3.72. The first kappa shape index (κ1) is 15.0. The normalized spacial score (nSPS) is 19.4. The van der Waals surface area contributed by atoms with Crippen LogP contribution in [0.15, 0.2) is 23.1 Å². The molecule has 6 heteroatoms. The van der Waals surface area contributed by atoms with Gasteiger partial charge in [-0.25, -0.2) is 8.42 Å². The van der Waals surface area contributed by atoms with Gasteiger partial charge in [-0.05, 0) is 37.5 Å². The summed E-state index contributed by atoms with van der Waals surface area (Å²) in [4.78, 5) is 14.3. The van der Waals surface area contributed by atoms with Crippen molar-refractivity contribution >= 4 is 15.7 Å². The smallest absolute Gasteiger partial charge is 0.254 e. The monoisotopic (exact) mass is 297 g/mol. The summed E-state index contributed by atoms with van der Waals surface area (Å²) >= 11 is 0. The Kier molecular flexibility index (Phi) is 4.15. The van der Waals surface area contributed by atoms with E-state index < -0.39 is 9.84 Å². The summed E-state index contributed by atoms with van der Waals surface area (Å²) in [5.74, 6) is -0.204. The number of sulfone groups is 1. The van der Waals surface area contributed by atoms with E-state index in [1.54, 1.807) is 17.9 Å². The van der Waals surface area contributed by atoms with Crippen LogP contribution < -0.4 is 0 Å². The van der Waals surface area contributed by atoms with Gasteiger partial charge in [0, 0.05) is 18.4 Å². The molecule has 0 aliphatic carbocycles. The van der Waals surface area contributed by atoms with Crippen LogP contribution >= 0.6 is 0 Å². The molecule has 1 fully saturated rings. The van der Waals surface area contributed by atoms with Gasteiger partial charge in [-0.1, -0.05) is 6.07 Å². The highest BCUT2D eigenvalue weighted by molar-refractivity contribution is 7.90. The SMILES string of the molecule is Cc1ccc(S(C)(=O)=O)cc1C(=O)N1CCC[C@@H]1CO. The van der Waals surface area contributed by atoms with Gasteiger partial charge in [0.05, 0.1) is 17.5 Å². The summed E-state index contributed by atoms with van der Waals surface area (Å²) < 4.78 is 23.2. The second-order valence-corrected chi connectivity index (χ2v) is 7.24. The Morgan fingerprint density at radius 2 is 2.15 bits per heavy atom. The van der Waals surface area contributed by atoms with Crippen molar-refractivity contribution in [2.45, 2.75) is 30.7 Å². The van der Waals surface area contributed by atoms with Crippen LogP contribution in [0.5, 0.6) is 0 Å². The Morgan fingerprint density at radius 3 is 2.75 bits per heavy atom. The lowest BCUT2D eigenvalue weighted by Crippen LogP contribution is -2.38. The average Bonchev–Trinajstić information content (AvgIpc) is 2.85. The van der Waals surface area contributed by atoms with Crippen LogP contribution in [0.2, 0.25) is 0 Å². The topological polar surface area (TPSA) is 74.7 Å². The highest BCUT2D eigenvalue weighted by Crippen LogP contribution is 2.23. The maximum Gasteiger partial charge on any atom is 0.254 e. The number of benzene rings is 1. The van der Waals surface area contributed by atoms with E-state index in [1.807, 2.05) is 0 Å². The second kappa shape index (κ2) is 5.54. The Labute approximate surface area is 119 Å². The van der Waals surface area contributed by atoms with E-state index in [0.717, 1.165) is 24.7 Å². The lowest BCUT2D eigenvalue weighted by atomic mass is 10.1. The molecule has 1 N–H and O–H groups in total. The van der Waals surface area contributed by atoms with Crippen molar-refractivity contribution in [3.8, 4) is 0 Å². The third kappa shape index (κ3) is 2.86. The number of aliphatic hydroxyl groups excluding tert-OH is 1. The van der Waals surface area contributed by atoms with Crippen LogP contribution in [0.1, 0.15) is 28.8 Å². The Morgan fingerprint density at radius 1 is 1.45 bits per heavy atom. The average molecular weight is 297 g/mol. The number of carbonyl (C=O) groups excluding carboxylic acids is 1. The number of nitrogens with zero attached hydrogens (tertiary/aromatic N) is 1. The number of aliphatic hydroxyl groups is 1. The molecule has 0 saturated carbocycles. The fourth-order valence-electron chi connectivity index (χ4n) is 2.51. The first-order valence-electron chi connectivity index (χ1n) is 6.57. The van der Waals surface area contributed by atoms with E-state index in [0.29, 0.717) is 12.1 Å². The van der Waals surface area contributed by atoms with Crippen molar-refractivity contribution in [3.63, 3.8) is 0 Å². The molecule has 0 bridgehead atoms. The van der Waals surface area contributed by atoms with Gasteiger partial charge in [0.2, 0.25) is 0 Å². The lowest BCUT2D eigenvalue weighted by Gasteiger charge is -2.24. The molecule has 2 rings (SSSR count). The molecule has 0 unspecified atom stereocenters. The van der Waals surface area contributed by atoms with Crippen LogP contribution in [-0.4, -0.2) is 49.8 Å². The van der Waals surface area contributed by atoms with Crippen LogP contribution in [0.3, 0.4) is 0 Å². The molecule has 1 heterocycles. The fraction of sp³-hybridized carbons (Fsp3) is 0.500. The van der Waals surface area contributed by atoms with Gasteiger partial charge in [0.1, 0.15) is 0 Å². The zero-order valence-corrected chi connectivity index (χ0v) is 12.5. The number of carbonyl (C=O) groups is 1. The molecule has 1 aromatic rings. The maximum absolute atomic E-state index is 12.5. The number of hydrogen-bond donors (Lipinski definition) is 1. The van der Waals surface area contributed by atoms with Crippen LogP contribution in [0.4, 0.5) is 0 Å². The minimum atomic E-state index is -3.34. The summed E-state index contributed by atoms with van der Waals surface area (Å²) in [7, 11) is -3.34. The molecule has 1 aromatic carbocycles. The third-order valence-corrected chi connectivity index (χ3v) is 4.83. The molecule has 1 saturated heterocycles. The van der Waals surface area contributed by atoms with Gasteiger partial charge in [-0.2, -0.15) is 0 Å². The van der Waals surface area contributed by atoms with Crippen molar-refractivity contribution in [2.75, 3.05) is 19.4 Å². The second-order valence-electron chi connectivity index (χ2n) is 5.23. The lowest BCUT2D eigenvalue weighted by molar-refractivity contribution is 0.0676. The first-order valence-corrected chi connectivity index (χ1v) is 8.46. The number of amides is 1. The first-order chi connectivity index (χ1) is 9.34. The number of likely N-dealkylation sites (tertiary alicyclic amines) is 1. The summed E-state index contributed by atoms with van der Waals surface area (Å²) in [6.07, 6.45) is 2.77. The van der Waals surface area contributed by atoms with Crippen molar-refractivity contribution < 1.29 is 18.3 Å².